The van der Waals surface area contributed by atoms with E-state index in [1.165, 1.54) is 51.4 Å². The molecular formula is C47H84O16P2. The van der Waals surface area contributed by atoms with E-state index in [1.54, 1.807) is 0 Å². The molecule has 8 unspecified atom stereocenters. The summed E-state index contributed by atoms with van der Waals surface area (Å²) < 4.78 is 49.4. The number of ether oxygens (including phenoxy) is 2. The van der Waals surface area contributed by atoms with Gasteiger partial charge < -0.3 is 44.6 Å². The monoisotopic (exact) mass is 967 g/mol. The van der Waals surface area contributed by atoms with Crippen molar-refractivity contribution in [3.05, 3.63) is 48.6 Å². The summed E-state index contributed by atoms with van der Waals surface area (Å²) in [5, 5.41) is 41.2. The van der Waals surface area contributed by atoms with Crippen LogP contribution >= 0.6 is 15.6 Å². The van der Waals surface area contributed by atoms with Crippen molar-refractivity contribution >= 4 is 27.6 Å². The number of hydrogen-bond donors (Lipinski definition) is 7. The number of rotatable bonds is 40. The Hall–Kier alpha value is -2.04. The Morgan fingerprint density at radius 1 is 0.508 bits per heavy atom. The highest BCUT2D eigenvalue weighted by molar-refractivity contribution is 7.47. The minimum atomic E-state index is -5.37. The number of esters is 2. The van der Waals surface area contributed by atoms with Gasteiger partial charge in [-0.05, 0) is 51.4 Å². The summed E-state index contributed by atoms with van der Waals surface area (Å²) in [6, 6.07) is 0. The molecule has 1 saturated carbocycles. The maximum atomic E-state index is 13.0. The van der Waals surface area contributed by atoms with E-state index >= 15 is 0 Å². The normalized spacial score (nSPS) is 22.0. The molecule has 1 aliphatic carbocycles. The third kappa shape index (κ3) is 32.4. The van der Waals surface area contributed by atoms with Crippen LogP contribution < -0.4 is 0 Å². The van der Waals surface area contributed by atoms with Gasteiger partial charge in [0.15, 0.2) is 6.10 Å². The summed E-state index contributed by atoms with van der Waals surface area (Å²) in [6.45, 7) is 2.99. The molecule has 8 atom stereocenters. The summed E-state index contributed by atoms with van der Waals surface area (Å²) in [5.74, 6) is -1.22. The Morgan fingerprint density at radius 2 is 0.938 bits per heavy atom. The van der Waals surface area contributed by atoms with Gasteiger partial charge in [0.05, 0.1) is 6.61 Å². The molecule has 16 nitrogen and oxygen atoms in total. The van der Waals surface area contributed by atoms with Crippen LogP contribution in [0.15, 0.2) is 48.6 Å². The molecule has 0 heterocycles. The predicted molar refractivity (Wildman–Crippen MR) is 250 cm³/mol. The third-order valence-electron chi connectivity index (χ3n) is 10.9. The van der Waals surface area contributed by atoms with Crippen LogP contribution in [-0.2, 0) is 41.8 Å². The van der Waals surface area contributed by atoms with E-state index in [0.29, 0.717) is 12.8 Å². The standard InChI is InChI=1S/C47H84O16P2/c1-3-5-7-9-11-13-15-17-18-19-20-21-22-24-26-28-30-32-34-36-41(49)61-39(37-59-40(48)35-33-31-29-27-25-23-16-14-12-10-8-6-4-2)38-60-65(57,58)63-47-44(52)42(50)43(51)46(45(47)53)62-64(54,55)56/h5,7,11,13,17-18,20-21,39,42-47,50-53H,3-4,6,8-10,12,14-16,19,22-38H2,1-2H3,(H,57,58)(H2,54,55,56). The zero-order valence-corrected chi connectivity index (χ0v) is 40.9. The van der Waals surface area contributed by atoms with Gasteiger partial charge in [0.2, 0.25) is 0 Å². The van der Waals surface area contributed by atoms with E-state index in [9.17, 15) is 53.8 Å². The number of hydrogen-bond acceptors (Lipinski definition) is 13. The highest BCUT2D eigenvalue weighted by atomic mass is 31.2. The largest absolute Gasteiger partial charge is 0.472 e. The van der Waals surface area contributed by atoms with Gasteiger partial charge in [-0.15, -0.1) is 0 Å². The summed E-state index contributed by atoms with van der Waals surface area (Å²) >= 11 is 0. The highest BCUT2D eigenvalue weighted by Crippen LogP contribution is 2.49. The van der Waals surface area contributed by atoms with E-state index in [4.69, 9.17) is 18.5 Å². The van der Waals surface area contributed by atoms with Crippen molar-refractivity contribution in [2.75, 3.05) is 13.2 Å². The van der Waals surface area contributed by atoms with Gasteiger partial charge in [-0.1, -0.05) is 165 Å². The molecule has 0 aliphatic heterocycles. The molecule has 1 aliphatic rings. The molecule has 0 aromatic rings. The lowest BCUT2D eigenvalue weighted by atomic mass is 9.85. The minimum Gasteiger partial charge on any atom is -0.462 e. The number of allylic oxidation sites excluding steroid dienone is 8. The fourth-order valence-corrected chi connectivity index (χ4v) is 8.73. The second kappa shape index (κ2) is 37.9. The second-order valence-corrected chi connectivity index (χ2v) is 19.4. The number of aliphatic hydroxyl groups is 4. The Bertz CT molecular complexity index is 1450. The molecule has 0 aromatic heterocycles. The van der Waals surface area contributed by atoms with Gasteiger partial charge in [-0.2, -0.15) is 0 Å². The van der Waals surface area contributed by atoms with Crippen LogP contribution in [0, 0.1) is 0 Å². The molecule has 0 aromatic carbocycles. The first-order valence-corrected chi connectivity index (χ1v) is 27.2. The van der Waals surface area contributed by atoms with Crippen LogP contribution in [0.4, 0.5) is 0 Å². The topological polar surface area (TPSA) is 256 Å². The summed E-state index contributed by atoms with van der Waals surface area (Å²) in [5.41, 5.74) is 0. The second-order valence-electron chi connectivity index (χ2n) is 16.8. The zero-order valence-electron chi connectivity index (χ0n) is 39.2. The van der Waals surface area contributed by atoms with Crippen molar-refractivity contribution in [3.63, 3.8) is 0 Å². The van der Waals surface area contributed by atoms with Crippen molar-refractivity contribution in [3.8, 4) is 0 Å². The van der Waals surface area contributed by atoms with Crippen LogP contribution in [-0.4, -0.2) is 103 Å². The molecule has 7 N–H and O–H groups in total. The number of phosphoric ester groups is 2. The quantitative estimate of drug-likeness (QED) is 0.0131. The zero-order chi connectivity index (χ0) is 48.2. The SMILES string of the molecule is CCC=CCC=CCC=CCC=CCCCCCCCCC(=O)OC(COC(=O)CCCCCCCCCCCCCCC)COP(=O)(O)OC1C(O)C(O)C(O)C(OP(=O)(O)O)C1O. The fraction of sp³-hybridized carbons (Fsp3) is 0.787. The van der Waals surface area contributed by atoms with Crippen molar-refractivity contribution in [1.29, 1.82) is 0 Å². The van der Waals surface area contributed by atoms with Crippen LogP contribution in [0.5, 0.6) is 0 Å². The maximum absolute atomic E-state index is 13.0. The lowest BCUT2D eigenvalue weighted by Gasteiger charge is -2.43. The fourth-order valence-electron chi connectivity index (χ4n) is 7.19. The van der Waals surface area contributed by atoms with Crippen LogP contribution in [0.3, 0.4) is 0 Å². The van der Waals surface area contributed by atoms with E-state index in [-0.39, 0.29) is 12.8 Å². The Labute approximate surface area is 388 Å². The molecule has 0 amide bonds. The number of carbonyl (C=O) groups excluding carboxylic acids is 2. The highest BCUT2D eigenvalue weighted by Gasteiger charge is 2.54. The summed E-state index contributed by atoms with van der Waals surface area (Å²) in [4.78, 5) is 54.3. The third-order valence-corrected chi connectivity index (χ3v) is 12.4. The van der Waals surface area contributed by atoms with E-state index in [1.807, 2.05) is 0 Å². The maximum Gasteiger partial charge on any atom is 0.472 e. The molecule has 1 fully saturated rings. The first-order valence-electron chi connectivity index (χ1n) is 24.2. The molecule has 65 heavy (non-hydrogen) atoms. The number of aliphatic hydroxyl groups excluding tert-OH is 4. The van der Waals surface area contributed by atoms with E-state index in [0.717, 1.165) is 89.9 Å². The molecule has 1 rings (SSSR count). The van der Waals surface area contributed by atoms with Gasteiger partial charge in [-0.3, -0.25) is 23.2 Å². The van der Waals surface area contributed by atoms with E-state index in [2.05, 4.69) is 67.0 Å². The van der Waals surface area contributed by atoms with Gasteiger partial charge in [0, 0.05) is 12.8 Å². The van der Waals surface area contributed by atoms with Crippen LogP contribution in [0.25, 0.3) is 0 Å². The predicted octanol–water partition coefficient (Wildman–Crippen LogP) is 9.29. The molecule has 0 radical (unpaired) electrons. The Morgan fingerprint density at radius 3 is 1.43 bits per heavy atom. The van der Waals surface area contributed by atoms with Crippen molar-refractivity contribution < 1.29 is 76.9 Å². The number of phosphoric acid groups is 2. The van der Waals surface area contributed by atoms with Crippen molar-refractivity contribution in [2.45, 2.75) is 224 Å². The lowest BCUT2D eigenvalue weighted by Crippen LogP contribution is -2.64. The first kappa shape index (κ1) is 61.0. The lowest BCUT2D eigenvalue weighted by molar-refractivity contribution is -0.216. The molecule has 0 saturated heterocycles. The minimum absolute atomic E-state index is 0.0281. The van der Waals surface area contributed by atoms with Crippen molar-refractivity contribution in [2.24, 2.45) is 0 Å². The van der Waals surface area contributed by atoms with Gasteiger partial charge in [0.1, 0.15) is 43.2 Å². The van der Waals surface area contributed by atoms with Crippen LogP contribution in [0.2, 0.25) is 0 Å². The number of unbranched alkanes of at least 4 members (excludes halogenated alkanes) is 18. The molecule has 18 heteroatoms. The van der Waals surface area contributed by atoms with E-state index < -0.39 is 83.5 Å². The summed E-state index contributed by atoms with van der Waals surface area (Å²) in [6.07, 6.45) is 27.8. The molecule has 0 bridgehead atoms. The number of carbonyl (C=O) groups is 2. The average molecular weight is 967 g/mol. The van der Waals surface area contributed by atoms with Gasteiger partial charge in [0.25, 0.3) is 0 Å². The van der Waals surface area contributed by atoms with Gasteiger partial charge in [-0.25, -0.2) is 9.13 Å². The van der Waals surface area contributed by atoms with Crippen molar-refractivity contribution in [1.82, 2.24) is 0 Å². The molecule has 0 spiro atoms. The Balaban J connectivity index is 2.58. The Kier molecular flexibility index (Phi) is 35.5. The average Bonchev–Trinajstić information content (AvgIpc) is 3.26. The molecular weight excluding hydrogens is 882 g/mol. The smallest absolute Gasteiger partial charge is 0.462 e. The summed E-state index contributed by atoms with van der Waals surface area (Å²) in [7, 11) is -10.7. The van der Waals surface area contributed by atoms with Gasteiger partial charge >= 0.3 is 27.6 Å². The molecule has 378 valence electrons. The first-order chi connectivity index (χ1) is 31.1. The van der Waals surface area contributed by atoms with Crippen LogP contribution in [0.1, 0.15) is 181 Å².